The second kappa shape index (κ2) is 22.7. The van der Waals surface area contributed by atoms with E-state index < -0.39 is 76.9 Å². The van der Waals surface area contributed by atoms with Crippen LogP contribution in [-0.4, -0.2) is 86.3 Å². The molecule has 1 fully saturated rings. The van der Waals surface area contributed by atoms with E-state index in [1.165, 1.54) is 42.1 Å². The lowest BCUT2D eigenvalue weighted by atomic mass is 9.72. The van der Waals surface area contributed by atoms with Gasteiger partial charge in [-0.2, -0.15) is 0 Å². The fraction of sp³-hybridized carbons (Fsp3) is 0.410. The normalized spacial score (nSPS) is 18.3. The van der Waals surface area contributed by atoms with Crippen LogP contribution in [0.1, 0.15) is 96.3 Å². The maximum absolute atomic E-state index is 16.2. The van der Waals surface area contributed by atoms with Gasteiger partial charge in [-0.25, -0.2) is 25.9 Å². The SMILES string of the molecule is COc1ccc(Cn2c3c(n(/C=C\S(=O)(=O)c4ccc(C)cc4)c2=O)[C@H]2[C@H](C(=O)N(S(=O)(=O)c4ccc(C)cc4)[C@@H]2CO[Si](C(C)C)(C(C)C)C(C)C)[C@H](CO[Si](c2ccccc2)(c2ccccc2)C(C)(C)C)C3)cc1OC. The van der Waals surface area contributed by atoms with Crippen LogP contribution >= 0.6 is 0 Å². The van der Waals surface area contributed by atoms with E-state index in [-0.39, 0.29) is 52.6 Å². The highest BCUT2D eigenvalue weighted by Gasteiger charge is 2.61. The molecule has 416 valence electrons. The number of carbonyl (C=O) groups excluding carboxylic acids is 1. The van der Waals surface area contributed by atoms with Gasteiger partial charge in [-0.1, -0.05) is 164 Å². The first-order valence-electron chi connectivity index (χ1n) is 26.9. The summed E-state index contributed by atoms with van der Waals surface area (Å²) in [6, 6.07) is 37.5. The number of hydrogen-bond donors (Lipinski definition) is 0. The topological polar surface area (TPSA) is 152 Å². The summed E-state index contributed by atoms with van der Waals surface area (Å²) in [6.45, 7) is 23.0. The van der Waals surface area contributed by atoms with Crippen LogP contribution in [0.25, 0.3) is 6.20 Å². The Balaban J connectivity index is 1.43. The third kappa shape index (κ3) is 10.6. The molecule has 5 aromatic carbocycles. The minimum absolute atomic E-state index is 0.0112. The van der Waals surface area contributed by atoms with Gasteiger partial charge in [0.15, 0.2) is 19.8 Å². The van der Waals surface area contributed by atoms with Gasteiger partial charge in [-0.15, -0.1) is 0 Å². The molecule has 78 heavy (non-hydrogen) atoms. The molecule has 4 atom stereocenters. The maximum atomic E-state index is 16.2. The number of ether oxygens (including phenoxy) is 2. The molecular weight excluding hydrogens is 1050 g/mol. The van der Waals surface area contributed by atoms with E-state index in [1.54, 1.807) is 48.1 Å². The molecule has 2 heterocycles. The number of carbonyl (C=O) groups is 1. The number of sulfonamides is 1. The molecule has 2 aliphatic rings. The van der Waals surface area contributed by atoms with Gasteiger partial charge in [0.2, 0.25) is 15.7 Å². The monoisotopic (exact) mass is 1130 g/mol. The van der Waals surface area contributed by atoms with E-state index in [1.807, 2.05) is 56.3 Å². The largest absolute Gasteiger partial charge is 0.493 e. The predicted octanol–water partition coefficient (Wildman–Crippen LogP) is 10.5. The number of methoxy groups -OCH3 is 2. The highest BCUT2D eigenvalue weighted by atomic mass is 32.2. The van der Waals surface area contributed by atoms with Gasteiger partial charge in [0.05, 0.1) is 60.2 Å². The minimum Gasteiger partial charge on any atom is -0.493 e. The quantitative estimate of drug-likeness (QED) is 0.0675. The Kier molecular flexibility index (Phi) is 17.0. The van der Waals surface area contributed by atoms with Crippen molar-refractivity contribution in [3.05, 3.63) is 171 Å². The number of aryl methyl sites for hydroxylation is 2. The lowest BCUT2D eigenvalue weighted by Crippen LogP contribution is -2.67. The van der Waals surface area contributed by atoms with Crippen molar-refractivity contribution in [3.63, 3.8) is 0 Å². The molecule has 1 amide bonds. The van der Waals surface area contributed by atoms with Gasteiger partial charge in [0.25, 0.3) is 18.3 Å². The predicted molar refractivity (Wildman–Crippen MR) is 314 cm³/mol. The van der Waals surface area contributed by atoms with E-state index in [2.05, 4.69) is 86.6 Å². The van der Waals surface area contributed by atoms with Crippen LogP contribution in [0, 0.1) is 25.7 Å². The summed E-state index contributed by atoms with van der Waals surface area (Å²) in [7, 11) is -11.8. The third-order valence-corrected chi connectivity index (χ3v) is 30.8. The van der Waals surface area contributed by atoms with Crippen LogP contribution in [0.15, 0.2) is 147 Å². The number of imidazole rings is 1. The van der Waals surface area contributed by atoms with Crippen molar-refractivity contribution in [1.29, 1.82) is 0 Å². The van der Waals surface area contributed by atoms with Crippen LogP contribution in [0.4, 0.5) is 0 Å². The van der Waals surface area contributed by atoms with Gasteiger partial charge in [0, 0.05) is 24.4 Å². The zero-order valence-electron chi connectivity index (χ0n) is 47.4. The molecule has 8 rings (SSSR count). The Morgan fingerprint density at radius 3 is 1.68 bits per heavy atom. The third-order valence-electron chi connectivity index (χ3n) is 16.4. The van der Waals surface area contributed by atoms with Crippen LogP contribution in [0.3, 0.4) is 0 Å². The summed E-state index contributed by atoms with van der Waals surface area (Å²) in [5, 5.41) is 2.61. The number of sulfone groups is 1. The standard InChI is InChI=1S/C61H77N3O10S2Si2/c1-41(2)77(42(3)4,43(5)6)73-40-53-57-56(59(65)64(53)76(69,70)49-31-26-45(8)27-32-49)47(39-74-78(61(9,10)11,50-20-16-14-17-21-50)51-22-18-15-19-23-51)37-52-58(57)62(34-35-75(67,68)48-29-24-44(7)25-30-48)60(66)63(52)38-46-28-33-54(71-12)55(36-46)72-13/h14-36,41-43,47,53,56-57H,37-40H2,1-13H3/b35-34-/t47-,53+,56+,57+/m0/s1. The average molecular weight is 1130 g/mol. The zero-order chi connectivity index (χ0) is 56.7. The van der Waals surface area contributed by atoms with E-state index in [0.717, 1.165) is 31.2 Å². The molecule has 0 N–H and O–H groups in total. The van der Waals surface area contributed by atoms with Crippen molar-refractivity contribution in [1.82, 2.24) is 13.4 Å². The first-order valence-corrected chi connectivity index (χ1v) is 34.0. The second-order valence-electron chi connectivity index (χ2n) is 23.0. The highest BCUT2D eigenvalue weighted by Crippen LogP contribution is 2.53. The van der Waals surface area contributed by atoms with Gasteiger partial charge in [-0.05, 0) is 100 Å². The van der Waals surface area contributed by atoms with Crippen LogP contribution in [0.2, 0.25) is 21.7 Å². The molecule has 13 nitrogen and oxygen atoms in total. The second-order valence-corrected chi connectivity index (χ2v) is 36.5. The molecule has 17 heteroatoms. The van der Waals surface area contributed by atoms with E-state index in [9.17, 15) is 8.42 Å². The summed E-state index contributed by atoms with van der Waals surface area (Å²) in [5.74, 6) is -2.51. The number of rotatable bonds is 20. The molecule has 0 bridgehead atoms. The molecule has 1 saturated heterocycles. The number of benzene rings is 5. The molecule has 1 aromatic heterocycles. The van der Waals surface area contributed by atoms with Crippen molar-refractivity contribution in [2.75, 3.05) is 27.4 Å². The van der Waals surface area contributed by atoms with Gasteiger partial charge < -0.3 is 18.3 Å². The fourth-order valence-electron chi connectivity index (χ4n) is 12.9. The lowest BCUT2D eigenvalue weighted by Gasteiger charge is -2.45. The number of nitrogens with zero attached hydrogens (tertiary/aromatic N) is 3. The Bertz CT molecular complexity index is 3360. The molecule has 0 saturated carbocycles. The Labute approximate surface area is 464 Å². The Morgan fingerprint density at radius 1 is 0.654 bits per heavy atom. The van der Waals surface area contributed by atoms with Crippen molar-refractivity contribution in [3.8, 4) is 11.5 Å². The summed E-state index contributed by atoms with van der Waals surface area (Å²) < 4.78 is 90.4. The summed E-state index contributed by atoms with van der Waals surface area (Å²) in [6.07, 6.45) is 1.37. The van der Waals surface area contributed by atoms with E-state index in [4.69, 9.17) is 18.3 Å². The van der Waals surface area contributed by atoms with Gasteiger partial charge >= 0.3 is 5.69 Å². The van der Waals surface area contributed by atoms with Gasteiger partial charge in [0.1, 0.15) is 0 Å². The van der Waals surface area contributed by atoms with Crippen molar-refractivity contribution in [2.45, 2.75) is 133 Å². The summed E-state index contributed by atoms with van der Waals surface area (Å²) in [4.78, 5) is 31.9. The van der Waals surface area contributed by atoms with E-state index >= 15 is 18.0 Å². The summed E-state index contributed by atoms with van der Waals surface area (Å²) in [5.41, 5.74) is 2.98. The molecule has 6 aromatic rings. The van der Waals surface area contributed by atoms with Crippen molar-refractivity contribution in [2.24, 2.45) is 11.8 Å². The first-order chi connectivity index (χ1) is 36.8. The fourth-order valence-corrected chi connectivity index (χ4v) is 25.5. The Morgan fingerprint density at radius 2 is 1.18 bits per heavy atom. The zero-order valence-corrected chi connectivity index (χ0v) is 51.0. The number of hydrogen-bond acceptors (Lipinski definition) is 10. The highest BCUT2D eigenvalue weighted by molar-refractivity contribution is 7.94. The molecular formula is C61H77N3O10S2Si2. The maximum Gasteiger partial charge on any atom is 0.333 e. The molecule has 0 unspecified atom stereocenters. The molecule has 1 aliphatic heterocycles. The number of amides is 1. The van der Waals surface area contributed by atoms with E-state index in [0.29, 0.717) is 28.5 Å². The van der Waals surface area contributed by atoms with Crippen molar-refractivity contribution >= 4 is 59.0 Å². The van der Waals surface area contributed by atoms with Crippen LogP contribution in [-0.2, 0) is 46.5 Å². The number of fused-ring (bicyclic) bond motifs is 3. The van der Waals surface area contributed by atoms with Gasteiger partial charge in [-0.3, -0.25) is 13.9 Å². The summed E-state index contributed by atoms with van der Waals surface area (Å²) >= 11 is 0. The first kappa shape index (κ1) is 58.3. The molecule has 1 aliphatic carbocycles. The smallest absolute Gasteiger partial charge is 0.333 e. The Hall–Kier alpha value is -5.83. The van der Waals surface area contributed by atoms with Crippen molar-refractivity contribution < 1.29 is 40.0 Å². The molecule has 0 spiro atoms. The minimum atomic E-state index is -4.62. The van der Waals surface area contributed by atoms with Crippen LogP contribution in [0.5, 0.6) is 11.5 Å². The number of aromatic nitrogens is 2. The molecule has 0 radical (unpaired) electrons. The average Bonchev–Trinajstić information content (AvgIpc) is 3.67. The lowest BCUT2D eigenvalue weighted by molar-refractivity contribution is -0.129. The van der Waals surface area contributed by atoms with Crippen LogP contribution < -0.4 is 25.5 Å².